The van der Waals surface area contributed by atoms with Gasteiger partial charge in [-0.25, -0.2) is 0 Å². The van der Waals surface area contributed by atoms with Crippen molar-refractivity contribution in [3.8, 4) is 0 Å². The minimum atomic E-state index is 0.0176. The zero-order valence-corrected chi connectivity index (χ0v) is 10.6. The number of rotatable bonds is 3. The Bertz CT molecular complexity index is 581. The van der Waals surface area contributed by atoms with Crippen LogP contribution in [0.1, 0.15) is 0 Å². The minimum Gasteiger partial charge on any atom is -0.323 e. The molecule has 0 radical (unpaired) electrons. The second-order valence-electron chi connectivity index (χ2n) is 3.04. The molecule has 2 heterocycles. The normalized spacial score (nSPS) is 11.0. The Hall–Kier alpha value is -0.590. The summed E-state index contributed by atoms with van der Waals surface area (Å²) in [5, 5.41) is 2.63. The van der Waals surface area contributed by atoms with Crippen molar-refractivity contribution in [2.75, 3.05) is 12.0 Å². The standard InChI is InChI=1S/C9H10N2OS3/c1-14-5-3-11-8(12)6-2-4-15-7(6)10-9(11)13/h2,4H,3,5H2,1H3,(H,10,13). The molecule has 0 bridgehead atoms. The molecule has 2 rings (SSSR count). The fraction of sp³-hybridized carbons (Fsp3) is 0.333. The number of H-pyrrole nitrogens is 1. The maximum atomic E-state index is 12.0. The van der Waals surface area contributed by atoms with Gasteiger partial charge in [0, 0.05) is 12.3 Å². The van der Waals surface area contributed by atoms with Gasteiger partial charge in [-0.3, -0.25) is 9.36 Å². The summed E-state index contributed by atoms with van der Waals surface area (Å²) in [4.78, 5) is 15.9. The van der Waals surface area contributed by atoms with Crippen LogP contribution in [0.3, 0.4) is 0 Å². The number of hydrogen-bond donors (Lipinski definition) is 1. The van der Waals surface area contributed by atoms with E-state index in [0.717, 1.165) is 16.0 Å². The third-order valence-electron chi connectivity index (χ3n) is 2.13. The molecule has 6 heteroatoms. The third-order valence-corrected chi connectivity index (χ3v) is 3.87. The summed E-state index contributed by atoms with van der Waals surface area (Å²) < 4.78 is 2.14. The molecule has 0 aliphatic carbocycles. The average Bonchev–Trinajstić information content (AvgIpc) is 2.65. The van der Waals surface area contributed by atoms with Crippen molar-refractivity contribution in [1.82, 2.24) is 9.55 Å². The van der Waals surface area contributed by atoms with Crippen LogP contribution in [-0.2, 0) is 6.54 Å². The van der Waals surface area contributed by atoms with Crippen molar-refractivity contribution in [2.45, 2.75) is 6.54 Å². The maximum absolute atomic E-state index is 12.0. The second kappa shape index (κ2) is 4.51. The first-order chi connectivity index (χ1) is 7.24. The summed E-state index contributed by atoms with van der Waals surface area (Å²) in [6, 6.07) is 1.84. The monoisotopic (exact) mass is 258 g/mol. The number of fused-ring (bicyclic) bond motifs is 1. The quantitative estimate of drug-likeness (QED) is 0.860. The predicted molar refractivity (Wildman–Crippen MR) is 69.7 cm³/mol. The Kier molecular flexibility index (Phi) is 3.28. The van der Waals surface area contributed by atoms with E-state index in [0.29, 0.717) is 11.3 Å². The molecule has 80 valence electrons. The van der Waals surface area contributed by atoms with Crippen LogP contribution in [0.4, 0.5) is 0 Å². The molecule has 0 unspecified atom stereocenters. The molecular formula is C9H10N2OS3. The third kappa shape index (κ3) is 2.02. The molecule has 0 fully saturated rings. The lowest BCUT2D eigenvalue weighted by molar-refractivity contribution is 0.713. The van der Waals surface area contributed by atoms with Crippen LogP contribution in [0.5, 0.6) is 0 Å². The number of thiophene rings is 1. The highest BCUT2D eigenvalue weighted by Crippen LogP contribution is 2.14. The van der Waals surface area contributed by atoms with Crippen LogP contribution in [-0.4, -0.2) is 21.6 Å². The zero-order valence-electron chi connectivity index (χ0n) is 8.15. The highest BCUT2D eigenvalue weighted by Gasteiger charge is 2.05. The number of thioether (sulfide) groups is 1. The van der Waals surface area contributed by atoms with Gasteiger partial charge in [-0.15, -0.1) is 11.3 Å². The van der Waals surface area contributed by atoms with E-state index in [4.69, 9.17) is 12.2 Å². The van der Waals surface area contributed by atoms with Gasteiger partial charge >= 0.3 is 0 Å². The second-order valence-corrected chi connectivity index (χ2v) is 5.33. The Morgan fingerprint density at radius 1 is 1.67 bits per heavy atom. The Morgan fingerprint density at radius 2 is 2.47 bits per heavy atom. The predicted octanol–water partition coefficient (Wildman–Crippen LogP) is 2.48. The van der Waals surface area contributed by atoms with Crippen LogP contribution in [0.25, 0.3) is 10.2 Å². The molecule has 0 aliphatic rings. The summed E-state index contributed by atoms with van der Waals surface area (Å²) in [5.41, 5.74) is 0.0176. The summed E-state index contributed by atoms with van der Waals surface area (Å²) in [7, 11) is 0. The summed E-state index contributed by atoms with van der Waals surface area (Å²) in [6.07, 6.45) is 2.01. The molecule has 0 atom stereocenters. The molecule has 0 amide bonds. The van der Waals surface area contributed by atoms with Gasteiger partial charge in [-0.1, -0.05) is 0 Å². The van der Waals surface area contributed by atoms with Crippen LogP contribution >= 0.6 is 35.3 Å². The fourth-order valence-electron chi connectivity index (χ4n) is 1.36. The molecule has 0 saturated carbocycles. The first kappa shape index (κ1) is 10.9. The van der Waals surface area contributed by atoms with Crippen molar-refractivity contribution < 1.29 is 0 Å². The highest BCUT2D eigenvalue weighted by atomic mass is 32.2. The van der Waals surface area contributed by atoms with Crippen LogP contribution < -0.4 is 5.56 Å². The average molecular weight is 258 g/mol. The van der Waals surface area contributed by atoms with Gasteiger partial charge in [0.2, 0.25) is 0 Å². The van der Waals surface area contributed by atoms with Gasteiger partial charge in [0.05, 0.1) is 5.39 Å². The van der Waals surface area contributed by atoms with Gasteiger partial charge in [0.25, 0.3) is 5.56 Å². The van der Waals surface area contributed by atoms with Crippen molar-refractivity contribution in [2.24, 2.45) is 0 Å². The van der Waals surface area contributed by atoms with E-state index >= 15 is 0 Å². The SMILES string of the molecule is CSCCn1c(=S)[nH]c2sccc2c1=O. The summed E-state index contributed by atoms with van der Waals surface area (Å²) in [5.74, 6) is 0.896. The number of aromatic nitrogens is 2. The lowest BCUT2D eigenvalue weighted by Crippen LogP contribution is -2.22. The molecule has 0 saturated heterocycles. The van der Waals surface area contributed by atoms with Gasteiger partial charge < -0.3 is 4.98 Å². The molecule has 3 nitrogen and oxygen atoms in total. The number of nitrogens with zero attached hydrogens (tertiary/aromatic N) is 1. The van der Waals surface area contributed by atoms with E-state index in [1.807, 2.05) is 17.7 Å². The van der Waals surface area contributed by atoms with Gasteiger partial charge in [0.1, 0.15) is 4.83 Å². The Balaban J connectivity index is 2.62. The van der Waals surface area contributed by atoms with E-state index in [-0.39, 0.29) is 5.56 Å². The van der Waals surface area contributed by atoms with Crippen molar-refractivity contribution in [3.05, 3.63) is 26.6 Å². The molecule has 2 aromatic rings. The molecule has 2 aromatic heterocycles. The molecule has 0 spiro atoms. The van der Waals surface area contributed by atoms with Crippen molar-refractivity contribution in [1.29, 1.82) is 0 Å². The lowest BCUT2D eigenvalue weighted by Gasteiger charge is -2.04. The van der Waals surface area contributed by atoms with E-state index in [1.165, 1.54) is 11.3 Å². The first-order valence-electron chi connectivity index (χ1n) is 4.43. The smallest absolute Gasteiger partial charge is 0.263 e. The first-order valence-corrected chi connectivity index (χ1v) is 7.11. The maximum Gasteiger partial charge on any atom is 0.263 e. The van der Waals surface area contributed by atoms with Crippen LogP contribution in [0, 0.1) is 4.77 Å². The highest BCUT2D eigenvalue weighted by molar-refractivity contribution is 7.98. The molecule has 0 aromatic carbocycles. The molecule has 1 N–H and O–H groups in total. The molecule has 15 heavy (non-hydrogen) atoms. The van der Waals surface area contributed by atoms with Gasteiger partial charge in [0.15, 0.2) is 4.77 Å². The Labute approximate surface area is 100 Å². The number of nitrogens with one attached hydrogen (secondary N) is 1. The van der Waals surface area contributed by atoms with Gasteiger partial charge in [-0.05, 0) is 29.9 Å². The van der Waals surface area contributed by atoms with Crippen molar-refractivity contribution in [3.63, 3.8) is 0 Å². The zero-order chi connectivity index (χ0) is 10.8. The van der Waals surface area contributed by atoms with Crippen LogP contribution in [0.15, 0.2) is 16.2 Å². The van der Waals surface area contributed by atoms with Crippen LogP contribution in [0.2, 0.25) is 0 Å². The minimum absolute atomic E-state index is 0.0176. The van der Waals surface area contributed by atoms with E-state index < -0.39 is 0 Å². The van der Waals surface area contributed by atoms with E-state index in [1.54, 1.807) is 16.3 Å². The van der Waals surface area contributed by atoms with E-state index in [9.17, 15) is 4.79 Å². The Morgan fingerprint density at radius 3 is 3.20 bits per heavy atom. The van der Waals surface area contributed by atoms with E-state index in [2.05, 4.69) is 4.98 Å². The topological polar surface area (TPSA) is 37.8 Å². The number of hydrogen-bond acceptors (Lipinski definition) is 4. The largest absolute Gasteiger partial charge is 0.323 e. The summed E-state index contributed by atoms with van der Waals surface area (Å²) in [6.45, 7) is 0.668. The van der Waals surface area contributed by atoms with Gasteiger partial charge in [-0.2, -0.15) is 11.8 Å². The molecular weight excluding hydrogens is 248 g/mol. The lowest BCUT2D eigenvalue weighted by atomic mass is 10.4. The molecule has 0 aliphatic heterocycles. The fourth-order valence-corrected chi connectivity index (χ4v) is 2.85. The summed E-state index contributed by atoms with van der Waals surface area (Å²) >= 11 is 8.36. The number of aromatic amines is 1. The van der Waals surface area contributed by atoms with Crippen molar-refractivity contribution >= 4 is 45.5 Å².